The minimum Gasteiger partial charge on any atom is -0.415 e. The van der Waals surface area contributed by atoms with E-state index in [4.69, 9.17) is 11.6 Å². The molecule has 1 aromatic carbocycles. The zero-order chi connectivity index (χ0) is 10.6. The van der Waals surface area contributed by atoms with Gasteiger partial charge in [-0.05, 0) is 24.6 Å². The average molecular weight is 213 g/mol. The zero-order valence-electron chi connectivity index (χ0n) is 7.62. The fraction of sp³-hybridized carbons (Fsp3) is 0.200. The summed E-state index contributed by atoms with van der Waals surface area (Å²) in [4.78, 5) is 21.1. The highest BCUT2D eigenvalue weighted by atomic mass is 35.5. The number of Topliss-reactive ketones (excluding diaryl/α,β-unsaturated/α-hetero) is 1. The molecular weight excluding hydrogens is 204 g/mol. The number of benzene rings is 1. The van der Waals surface area contributed by atoms with Crippen LogP contribution in [0.5, 0.6) is 5.75 Å². The Morgan fingerprint density at radius 1 is 1.29 bits per heavy atom. The molecule has 1 aromatic rings. The Morgan fingerprint density at radius 2 is 1.86 bits per heavy atom. The molecule has 0 fully saturated rings. The van der Waals surface area contributed by atoms with Crippen LogP contribution in [0.1, 0.15) is 12.5 Å². The lowest BCUT2D eigenvalue weighted by atomic mass is 10.1. The van der Waals surface area contributed by atoms with Crippen LogP contribution in [0.4, 0.5) is 4.79 Å². The maximum Gasteiger partial charge on any atom is 0.409 e. The molecule has 0 heterocycles. The molecule has 0 saturated heterocycles. The van der Waals surface area contributed by atoms with E-state index < -0.39 is 5.43 Å². The second-order valence-corrected chi connectivity index (χ2v) is 3.17. The molecule has 0 aromatic heterocycles. The van der Waals surface area contributed by atoms with E-state index in [1.54, 1.807) is 24.3 Å². The van der Waals surface area contributed by atoms with Crippen LogP contribution in [0.15, 0.2) is 24.3 Å². The number of ether oxygens (including phenoxy) is 1. The maximum atomic E-state index is 10.8. The number of hydrogen-bond acceptors (Lipinski definition) is 3. The fourth-order valence-electron chi connectivity index (χ4n) is 1.06. The molecule has 0 unspecified atom stereocenters. The van der Waals surface area contributed by atoms with Gasteiger partial charge in [-0.3, -0.25) is 4.79 Å². The molecule has 0 bridgehead atoms. The predicted molar refractivity (Wildman–Crippen MR) is 52.7 cm³/mol. The van der Waals surface area contributed by atoms with Gasteiger partial charge in [-0.15, -0.1) is 0 Å². The van der Waals surface area contributed by atoms with Gasteiger partial charge in [-0.25, -0.2) is 4.79 Å². The Bertz CT molecular complexity index is 308. The van der Waals surface area contributed by atoms with Crippen molar-refractivity contribution < 1.29 is 14.3 Å². The molecule has 3 nitrogen and oxygen atoms in total. The molecule has 0 spiro atoms. The van der Waals surface area contributed by atoms with E-state index in [-0.39, 0.29) is 5.78 Å². The first kappa shape index (κ1) is 10.7. The highest BCUT2D eigenvalue weighted by Crippen LogP contribution is 2.13. The van der Waals surface area contributed by atoms with E-state index in [0.29, 0.717) is 12.2 Å². The van der Waals surface area contributed by atoms with Crippen LogP contribution in [0.3, 0.4) is 0 Å². The van der Waals surface area contributed by atoms with Gasteiger partial charge >= 0.3 is 5.43 Å². The second kappa shape index (κ2) is 4.77. The van der Waals surface area contributed by atoms with Crippen LogP contribution in [-0.4, -0.2) is 11.2 Å². The van der Waals surface area contributed by atoms with Crippen LogP contribution in [0.25, 0.3) is 0 Å². The Morgan fingerprint density at radius 3 is 2.29 bits per heavy atom. The summed E-state index contributed by atoms with van der Waals surface area (Å²) >= 11 is 5.02. The van der Waals surface area contributed by atoms with E-state index in [1.165, 1.54) is 6.92 Å². The summed E-state index contributed by atoms with van der Waals surface area (Å²) in [6.07, 6.45) is 0.384. The van der Waals surface area contributed by atoms with Crippen molar-refractivity contribution >= 4 is 22.8 Å². The van der Waals surface area contributed by atoms with E-state index in [9.17, 15) is 9.59 Å². The van der Waals surface area contributed by atoms with Gasteiger partial charge in [0, 0.05) is 18.0 Å². The quantitative estimate of drug-likeness (QED) is 0.724. The number of carbonyl (C=O) groups excluding carboxylic acids is 2. The van der Waals surface area contributed by atoms with Gasteiger partial charge in [0.2, 0.25) is 0 Å². The van der Waals surface area contributed by atoms with Gasteiger partial charge in [0.1, 0.15) is 11.5 Å². The van der Waals surface area contributed by atoms with E-state index >= 15 is 0 Å². The highest BCUT2D eigenvalue weighted by Gasteiger charge is 2.01. The first-order valence-corrected chi connectivity index (χ1v) is 4.41. The van der Waals surface area contributed by atoms with Gasteiger partial charge in [-0.2, -0.15) is 0 Å². The molecule has 0 saturated carbocycles. The molecule has 0 aliphatic rings. The summed E-state index contributed by atoms with van der Waals surface area (Å²) in [5, 5.41) is 0. The highest BCUT2D eigenvalue weighted by molar-refractivity contribution is 6.61. The van der Waals surface area contributed by atoms with Crippen LogP contribution < -0.4 is 4.74 Å². The van der Waals surface area contributed by atoms with Crippen LogP contribution in [-0.2, 0) is 11.2 Å². The van der Waals surface area contributed by atoms with Gasteiger partial charge in [0.25, 0.3) is 0 Å². The average Bonchev–Trinajstić information content (AvgIpc) is 2.06. The predicted octanol–water partition coefficient (Wildman–Crippen LogP) is 2.56. The standard InChI is InChI=1S/C10H9ClO3/c1-7(12)6-8-2-4-9(5-3-8)14-10(11)13/h2-5H,6H2,1H3. The van der Waals surface area contributed by atoms with Crippen molar-refractivity contribution in [2.75, 3.05) is 0 Å². The largest absolute Gasteiger partial charge is 0.415 e. The number of rotatable bonds is 3. The molecule has 74 valence electrons. The van der Waals surface area contributed by atoms with Crippen molar-refractivity contribution in [1.82, 2.24) is 0 Å². The molecule has 0 radical (unpaired) electrons. The van der Waals surface area contributed by atoms with Crippen LogP contribution in [0.2, 0.25) is 0 Å². The number of carbonyl (C=O) groups is 2. The third-order valence-electron chi connectivity index (χ3n) is 1.57. The molecular formula is C10H9ClO3. The maximum absolute atomic E-state index is 10.8. The van der Waals surface area contributed by atoms with Crippen molar-refractivity contribution in [2.45, 2.75) is 13.3 Å². The minimum atomic E-state index is -0.871. The summed E-state index contributed by atoms with van der Waals surface area (Å²) in [5.41, 5.74) is 0.0104. The van der Waals surface area contributed by atoms with E-state index in [1.807, 2.05) is 0 Å². The van der Waals surface area contributed by atoms with Crippen LogP contribution >= 0.6 is 11.6 Å². The summed E-state index contributed by atoms with van der Waals surface area (Å²) in [5.74, 6) is 0.462. The normalized spacial score (nSPS) is 9.57. The Kier molecular flexibility index (Phi) is 3.65. The van der Waals surface area contributed by atoms with Crippen molar-refractivity contribution in [3.8, 4) is 5.75 Å². The topological polar surface area (TPSA) is 43.4 Å². The number of halogens is 1. The second-order valence-electron chi connectivity index (χ2n) is 2.86. The van der Waals surface area contributed by atoms with Crippen molar-refractivity contribution in [2.24, 2.45) is 0 Å². The van der Waals surface area contributed by atoms with E-state index in [0.717, 1.165) is 5.56 Å². The van der Waals surface area contributed by atoms with Crippen molar-refractivity contribution in [3.63, 3.8) is 0 Å². The molecule has 0 amide bonds. The van der Waals surface area contributed by atoms with E-state index in [2.05, 4.69) is 4.74 Å². The monoisotopic (exact) mass is 212 g/mol. The lowest BCUT2D eigenvalue weighted by molar-refractivity contribution is -0.116. The third kappa shape index (κ3) is 3.58. The summed E-state index contributed by atoms with van der Waals surface area (Å²) in [6, 6.07) is 6.63. The van der Waals surface area contributed by atoms with Gasteiger partial charge in [0.15, 0.2) is 0 Å². The first-order valence-electron chi connectivity index (χ1n) is 4.03. The minimum absolute atomic E-state index is 0.0899. The smallest absolute Gasteiger partial charge is 0.409 e. The summed E-state index contributed by atoms with van der Waals surface area (Å²) in [7, 11) is 0. The molecule has 1 rings (SSSR count). The number of ketones is 1. The van der Waals surface area contributed by atoms with Gasteiger partial charge < -0.3 is 4.74 Å². The van der Waals surface area contributed by atoms with Crippen LogP contribution in [0, 0.1) is 0 Å². The molecule has 4 heteroatoms. The lowest BCUT2D eigenvalue weighted by Crippen LogP contribution is -1.98. The number of hydrogen-bond donors (Lipinski definition) is 0. The molecule has 0 atom stereocenters. The summed E-state index contributed by atoms with van der Waals surface area (Å²) < 4.78 is 4.62. The SMILES string of the molecule is CC(=O)Cc1ccc(OC(=O)Cl)cc1. The Hall–Kier alpha value is -1.35. The third-order valence-corrected chi connectivity index (χ3v) is 1.65. The fourth-order valence-corrected chi connectivity index (χ4v) is 1.14. The molecule has 14 heavy (non-hydrogen) atoms. The van der Waals surface area contributed by atoms with Gasteiger partial charge in [0.05, 0.1) is 0 Å². The van der Waals surface area contributed by atoms with Gasteiger partial charge in [-0.1, -0.05) is 12.1 Å². The van der Waals surface area contributed by atoms with Crippen molar-refractivity contribution in [3.05, 3.63) is 29.8 Å². The molecule has 0 aliphatic carbocycles. The Balaban J connectivity index is 2.68. The lowest BCUT2D eigenvalue weighted by Gasteiger charge is -2.01. The van der Waals surface area contributed by atoms with Crippen molar-refractivity contribution in [1.29, 1.82) is 0 Å². The summed E-state index contributed by atoms with van der Waals surface area (Å²) in [6.45, 7) is 1.52. The first-order chi connectivity index (χ1) is 6.58. The Labute approximate surface area is 86.6 Å². The molecule has 0 aliphatic heterocycles. The molecule has 0 N–H and O–H groups in total. The zero-order valence-corrected chi connectivity index (χ0v) is 8.38.